The normalized spacial score (nSPS) is 17.0. The lowest BCUT2D eigenvalue weighted by molar-refractivity contribution is 0.153. The van der Waals surface area contributed by atoms with Crippen molar-refractivity contribution in [1.82, 2.24) is 14.4 Å². The van der Waals surface area contributed by atoms with Gasteiger partial charge >= 0.3 is 0 Å². The standard InChI is InChI=1S/C20H31N3O/c1-17-18(8-6-10-22-13-11-21(2)12-14-22)19-7-4-5-9-20(19)23(17)15-16-24-3/h4-5,7,9H,6,8,10-16H2,1-3H3. The van der Waals surface area contributed by atoms with Crippen molar-refractivity contribution in [1.29, 1.82) is 0 Å². The van der Waals surface area contributed by atoms with Gasteiger partial charge in [-0.15, -0.1) is 0 Å². The van der Waals surface area contributed by atoms with E-state index in [9.17, 15) is 0 Å². The molecule has 0 bridgehead atoms. The highest BCUT2D eigenvalue weighted by Gasteiger charge is 2.16. The van der Waals surface area contributed by atoms with Gasteiger partial charge in [-0.25, -0.2) is 0 Å². The van der Waals surface area contributed by atoms with E-state index in [1.807, 2.05) is 0 Å². The van der Waals surface area contributed by atoms with Crippen molar-refractivity contribution in [2.45, 2.75) is 26.3 Å². The number of para-hydroxylation sites is 1. The molecule has 0 spiro atoms. The molecule has 0 unspecified atom stereocenters. The van der Waals surface area contributed by atoms with Gasteiger partial charge in [0, 0.05) is 56.4 Å². The summed E-state index contributed by atoms with van der Waals surface area (Å²) in [5.41, 5.74) is 4.28. The van der Waals surface area contributed by atoms with Crippen LogP contribution in [0.3, 0.4) is 0 Å². The van der Waals surface area contributed by atoms with Crippen LogP contribution in [0, 0.1) is 6.92 Å². The number of methoxy groups -OCH3 is 1. The van der Waals surface area contributed by atoms with Gasteiger partial charge in [0.15, 0.2) is 0 Å². The van der Waals surface area contributed by atoms with Crippen molar-refractivity contribution in [3.63, 3.8) is 0 Å². The number of rotatable bonds is 7. The Morgan fingerprint density at radius 2 is 1.79 bits per heavy atom. The minimum atomic E-state index is 0.764. The Bertz CT molecular complexity index is 656. The van der Waals surface area contributed by atoms with Crippen LogP contribution in [-0.4, -0.2) is 67.9 Å². The summed E-state index contributed by atoms with van der Waals surface area (Å²) in [4.78, 5) is 5.03. The van der Waals surface area contributed by atoms with Gasteiger partial charge in [0.05, 0.1) is 6.61 Å². The van der Waals surface area contributed by atoms with Gasteiger partial charge in [0.2, 0.25) is 0 Å². The lowest BCUT2D eigenvalue weighted by Gasteiger charge is -2.32. The van der Waals surface area contributed by atoms with Crippen molar-refractivity contribution in [3.8, 4) is 0 Å². The predicted molar refractivity (Wildman–Crippen MR) is 101 cm³/mol. The van der Waals surface area contributed by atoms with Crippen LogP contribution in [0.2, 0.25) is 0 Å². The first kappa shape index (κ1) is 17.5. The fourth-order valence-corrected chi connectivity index (χ4v) is 3.84. The zero-order valence-corrected chi connectivity index (χ0v) is 15.4. The maximum absolute atomic E-state index is 5.30. The van der Waals surface area contributed by atoms with Crippen molar-refractivity contribution >= 4 is 10.9 Å². The van der Waals surface area contributed by atoms with Gasteiger partial charge in [-0.1, -0.05) is 18.2 Å². The Hall–Kier alpha value is -1.36. The fourth-order valence-electron chi connectivity index (χ4n) is 3.84. The Labute approximate surface area is 146 Å². The maximum atomic E-state index is 5.30. The number of fused-ring (bicyclic) bond motifs is 1. The molecule has 1 fully saturated rings. The number of nitrogens with zero attached hydrogens (tertiary/aromatic N) is 3. The predicted octanol–water partition coefficient (Wildman–Crippen LogP) is 2.78. The summed E-state index contributed by atoms with van der Waals surface area (Å²) in [5, 5.41) is 1.42. The van der Waals surface area contributed by atoms with E-state index in [1.54, 1.807) is 7.11 Å². The van der Waals surface area contributed by atoms with Gasteiger partial charge in [0.25, 0.3) is 0 Å². The van der Waals surface area contributed by atoms with Crippen molar-refractivity contribution in [2.24, 2.45) is 0 Å². The molecular formula is C20H31N3O. The first-order valence-corrected chi connectivity index (χ1v) is 9.17. The molecule has 3 rings (SSSR count). The molecular weight excluding hydrogens is 298 g/mol. The minimum Gasteiger partial charge on any atom is -0.383 e. The maximum Gasteiger partial charge on any atom is 0.0642 e. The number of ether oxygens (including phenoxy) is 1. The third-order valence-electron chi connectivity index (χ3n) is 5.38. The highest BCUT2D eigenvalue weighted by Crippen LogP contribution is 2.27. The minimum absolute atomic E-state index is 0.764. The zero-order valence-electron chi connectivity index (χ0n) is 15.4. The molecule has 1 aromatic heterocycles. The number of aryl methyl sites for hydroxylation is 1. The highest BCUT2D eigenvalue weighted by atomic mass is 16.5. The highest BCUT2D eigenvalue weighted by molar-refractivity contribution is 5.85. The number of aromatic nitrogens is 1. The molecule has 0 saturated carbocycles. The second-order valence-corrected chi connectivity index (χ2v) is 6.97. The van der Waals surface area contributed by atoms with Crippen molar-refractivity contribution in [3.05, 3.63) is 35.5 Å². The molecule has 2 heterocycles. The van der Waals surface area contributed by atoms with Crippen LogP contribution in [0.4, 0.5) is 0 Å². The average molecular weight is 329 g/mol. The van der Waals surface area contributed by atoms with E-state index in [0.717, 1.165) is 13.2 Å². The molecule has 0 aliphatic carbocycles. The largest absolute Gasteiger partial charge is 0.383 e. The molecule has 1 saturated heterocycles. The molecule has 4 heteroatoms. The van der Waals surface area contributed by atoms with E-state index in [2.05, 4.69) is 52.6 Å². The second kappa shape index (κ2) is 8.15. The van der Waals surface area contributed by atoms with E-state index >= 15 is 0 Å². The van der Waals surface area contributed by atoms with Crippen LogP contribution < -0.4 is 0 Å². The summed E-state index contributed by atoms with van der Waals surface area (Å²) in [6, 6.07) is 8.81. The van der Waals surface area contributed by atoms with Gasteiger partial charge < -0.3 is 19.1 Å². The summed E-state index contributed by atoms with van der Waals surface area (Å²) in [6.07, 6.45) is 2.40. The Morgan fingerprint density at radius 1 is 1.04 bits per heavy atom. The third-order valence-corrected chi connectivity index (χ3v) is 5.38. The smallest absolute Gasteiger partial charge is 0.0642 e. The summed E-state index contributed by atoms with van der Waals surface area (Å²) in [5.74, 6) is 0. The summed E-state index contributed by atoms with van der Waals surface area (Å²) in [6.45, 7) is 10.0. The molecule has 0 amide bonds. The molecule has 2 aromatic rings. The molecule has 1 aromatic carbocycles. The van der Waals surface area contributed by atoms with Crippen LogP contribution in [-0.2, 0) is 17.7 Å². The third kappa shape index (κ3) is 3.82. The lowest BCUT2D eigenvalue weighted by Crippen LogP contribution is -2.44. The summed E-state index contributed by atoms with van der Waals surface area (Å²) < 4.78 is 7.72. The molecule has 0 atom stereocenters. The Kier molecular flexibility index (Phi) is 5.93. The van der Waals surface area contributed by atoms with Gasteiger partial charge in [-0.2, -0.15) is 0 Å². The molecule has 4 nitrogen and oxygen atoms in total. The number of hydrogen-bond donors (Lipinski definition) is 0. The number of benzene rings is 1. The van der Waals surface area contributed by atoms with E-state index in [4.69, 9.17) is 4.74 Å². The van der Waals surface area contributed by atoms with Gasteiger partial charge in [0.1, 0.15) is 0 Å². The van der Waals surface area contributed by atoms with Crippen LogP contribution in [0.1, 0.15) is 17.7 Å². The first-order chi connectivity index (χ1) is 11.7. The summed E-state index contributed by atoms with van der Waals surface area (Å²) >= 11 is 0. The summed E-state index contributed by atoms with van der Waals surface area (Å²) in [7, 11) is 3.99. The lowest BCUT2D eigenvalue weighted by atomic mass is 10.1. The van der Waals surface area contributed by atoms with Crippen LogP contribution in [0.15, 0.2) is 24.3 Å². The van der Waals surface area contributed by atoms with E-state index in [-0.39, 0.29) is 0 Å². The molecule has 132 valence electrons. The van der Waals surface area contributed by atoms with E-state index in [0.29, 0.717) is 0 Å². The number of hydrogen-bond acceptors (Lipinski definition) is 3. The topological polar surface area (TPSA) is 20.6 Å². The number of likely N-dealkylation sites (N-methyl/N-ethyl adjacent to an activating group) is 1. The van der Waals surface area contributed by atoms with E-state index in [1.165, 1.54) is 67.7 Å². The van der Waals surface area contributed by atoms with E-state index < -0.39 is 0 Å². The average Bonchev–Trinajstić information content (AvgIpc) is 2.87. The molecule has 1 aliphatic heterocycles. The Morgan fingerprint density at radius 3 is 2.54 bits per heavy atom. The fraction of sp³-hybridized carbons (Fsp3) is 0.600. The number of piperazine rings is 1. The molecule has 24 heavy (non-hydrogen) atoms. The van der Waals surface area contributed by atoms with Gasteiger partial charge in [-0.05, 0) is 45.0 Å². The van der Waals surface area contributed by atoms with Crippen molar-refractivity contribution in [2.75, 3.05) is 53.5 Å². The quantitative estimate of drug-likeness (QED) is 0.779. The van der Waals surface area contributed by atoms with Crippen molar-refractivity contribution < 1.29 is 4.74 Å². The van der Waals surface area contributed by atoms with Crippen LogP contribution in [0.25, 0.3) is 10.9 Å². The van der Waals surface area contributed by atoms with Gasteiger partial charge in [-0.3, -0.25) is 0 Å². The SMILES string of the molecule is COCCn1c(C)c(CCCN2CCN(C)CC2)c2ccccc21. The second-order valence-electron chi connectivity index (χ2n) is 6.97. The van der Waals surface area contributed by atoms with Crippen LogP contribution in [0.5, 0.6) is 0 Å². The Balaban J connectivity index is 1.68. The molecule has 0 radical (unpaired) electrons. The monoisotopic (exact) mass is 329 g/mol. The van der Waals surface area contributed by atoms with Crippen LogP contribution >= 0.6 is 0 Å². The zero-order chi connectivity index (χ0) is 16.9. The molecule has 1 aliphatic rings. The molecule has 0 N–H and O–H groups in total. The first-order valence-electron chi connectivity index (χ1n) is 9.17.